The Hall–Kier alpha value is -0.0000000000000000555. The van der Waals surface area contributed by atoms with E-state index in [1.165, 1.54) is 12.8 Å². The number of ether oxygens (including phenoxy) is 1. The molecule has 1 aromatic rings. The fourth-order valence-corrected chi connectivity index (χ4v) is 3.12. The standard InChI is InChI=1S/C14H20BrClN2O.ClH/c1-17-12-4-6-18(7-5-12)8-9-19-14-3-2-11(16)10-13(14)15;/h2-3,10,12,17H,4-9H2,1H3;1H. The first kappa shape index (κ1) is 18.1. The van der Waals surface area contributed by atoms with E-state index in [0.29, 0.717) is 17.7 Å². The Morgan fingerprint density at radius 1 is 1.40 bits per heavy atom. The van der Waals surface area contributed by atoms with Crippen LogP contribution in [0.2, 0.25) is 5.02 Å². The van der Waals surface area contributed by atoms with Crippen molar-refractivity contribution in [2.24, 2.45) is 0 Å². The van der Waals surface area contributed by atoms with Gasteiger partial charge in [0, 0.05) is 17.6 Å². The first-order chi connectivity index (χ1) is 9.19. The van der Waals surface area contributed by atoms with Crippen LogP contribution in [-0.4, -0.2) is 44.2 Å². The normalized spacial score (nSPS) is 16.8. The molecule has 0 atom stereocenters. The zero-order valence-electron chi connectivity index (χ0n) is 11.6. The second-order valence-corrected chi connectivity index (χ2v) is 6.12. The van der Waals surface area contributed by atoms with E-state index in [-0.39, 0.29) is 12.4 Å². The summed E-state index contributed by atoms with van der Waals surface area (Å²) < 4.78 is 6.70. The van der Waals surface area contributed by atoms with Gasteiger partial charge in [0.1, 0.15) is 12.4 Å². The molecule has 20 heavy (non-hydrogen) atoms. The summed E-state index contributed by atoms with van der Waals surface area (Å²) in [5.74, 6) is 0.856. The summed E-state index contributed by atoms with van der Waals surface area (Å²) in [5.41, 5.74) is 0. The Labute approximate surface area is 140 Å². The lowest BCUT2D eigenvalue weighted by Gasteiger charge is -2.31. The SMILES string of the molecule is CNC1CCN(CCOc2ccc(Cl)cc2Br)CC1.Cl. The van der Waals surface area contributed by atoms with Crippen LogP contribution in [0, 0.1) is 0 Å². The van der Waals surface area contributed by atoms with Crippen LogP contribution in [0.3, 0.4) is 0 Å². The van der Waals surface area contributed by atoms with Gasteiger partial charge in [-0.1, -0.05) is 11.6 Å². The lowest BCUT2D eigenvalue weighted by Crippen LogP contribution is -2.42. The molecule has 0 unspecified atom stereocenters. The highest BCUT2D eigenvalue weighted by molar-refractivity contribution is 9.10. The van der Waals surface area contributed by atoms with Gasteiger partial charge in [0.15, 0.2) is 0 Å². The van der Waals surface area contributed by atoms with Crippen molar-refractivity contribution < 1.29 is 4.74 Å². The number of piperidine rings is 1. The summed E-state index contributed by atoms with van der Waals surface area (Å²) in [4.78, 5) is 2.46. The van der Waals surface area contributed by atoms with Gasteiger partial charge < -0.3 is 10.1 Å². The van der Waals surface area contributed by atoms with Gasteiger partial charge in [-0.05, 0) is 67.1 Å². The molecule has 114 valence electrons. The maximum Gasteiger partial charge on any atom is 0.133 e. The lowest BCUT2D eigenvalue weighted by molar-refractivity contribution is 0.167. The predicted octanol–water partition coefficient (Wildman–Crippen LogP) is 3.59. The molecule has 1 aliphatic heterocycles. The number of hydrogen-bond acceptors (Lipinski definition) is 3. The molecule has 6 heteroatoms. The van der Waals surface area contributed by atoms with Crippen molar-refractivity contribution in [2.75, 3.05) is 33.3 Å². The van der Waals surface area contributed by atoms with Gasteiger partial charge in [-0.15, -0.1) is 12.4 Å². The van der Waals surface area contributed by atoms with Crippen LogP contribution in [0.1, 0.15) is 12.8 Å². The van der Waals surface area contributed by atoms with Crippen molar-refractivity contribution >= 4 is 39.9 Å². The molecule has 0 saturated carbocycles. The highest BCUT2D eigenvalue weighted by atomic mass is 79.9. The number of likely N-dealkylation sites (tertiary alicyclic amines) is 1. The molecule has 0 bridgehead atoms. The van der Waals surface area contributed by atoms with Crippen LogP contribution in [0.15, 0.2) is 22.7 Å². The monoisotopic (exact) mass is 382 g/mol. The summed E-state index contributed by atoms with van der Waals surface area (Å²) in [7, 11) is 2.04. The maximum atomic E-state index is 5.90. The third kappa shape index (κ3) is 5.41. The molecule has 0 radical (unpaired) electrons. The third-order valence-corrected chi connectivity index (χ3v) is 4.41. The molecular weight excluding hydrogens is 363 g/mol. The topological polar surface area (TPSA) is 24.5 Å². The highest BCUT2D eigenvalue weighted by Gasteiger charge is 2.17. The smallest absolute Gasteiger partial charge is 0.133 e. The molecular formula is C14H21BrCl2N2O. The third-order valence-electron chi connectivity index (χ3n) is 3.55. The van der Waals surface area contributed by atoms with Crippen molar-refractivity contribution in [3.63, 3.8) is 0 Å². The predicted molar refractivity (Wildman–Crippen MR) is 90.4 cm³/mol. The Kier molecular flexibility index (Phi) is 8.22. The number of rotatable bonds is 5. The minimum absolute atomic E-state index is 0. The van der Waals surface area contributed by atoms with E-state index in [4.69, 9.17) is 16.3 Å². The summed E-state index contributed by atoms with van der Waals surface area (Å²) >= 11 is 9.36. The van der Waals surface area contributed by atoms with Gasteiger partial charge >= 0.3 is 0 Å². The van der Waals surface area contributed by atoms with E-state index < -0.39 is 0 Å². The average Bonchev–Trinajstić information content (AvgIpc) is 2.42. The fourth-order valence-electron chi connectivity index (χ4n) is 2.32. The molecule has 1 fully saturated rings. The van der Waals surface area contributed by atoms with E-state index in [1.54, 1.807) is 0 Å². The number of nitrogens with zero attached hydrogens (tertiary/aromatic N) is 1. The van der Waals surface area contributed by atoms with E-state index in [2.05, 4.69) is 26.1 Å². The quantitative estimate of drug-likeness (QED) is 0.840. The van der Waals surface area contributed by atoms with Crippen molar-refractivity contribution in [3.05, 3.63) is 27.7 Å². The van der Waals surface area contributed by atoms with Crippen LogP contribution in [0.5, 0.6) is 5.75 Å². The molecule has 1 saturated heterocycles. The average molecular weight is 384 g/mol. The molecule has 1 N–H and O–H groups in total. The molecule has 0 aliphatic carbocycles. The summed E-state index contributed by atoms with van der Waals surface area (Å²) in [6, 6.07) is 6.29. The van der Waals surface area contributed by atoms with Crippen LogP contribution in [0.25, 0.3) is 0 Å². The van der Waals surface area contributed by atoms with E-state index in [9.17, 15) is 0 Å². The van der Waals surface area contributed by atoms with Crippen molar-refractivity contribution in [3.8, 4) is 5.75 Å². The molecule has 0 amide bonds. The Bertz CT molecular complexity index is 412. The zero-order valence-corrected chi connectivity index (χ0v) is 14.7. The Morgan fingerprint density at radius 2 is 2.10 bits per heavy atom. The number of halogens is 3. The van der Waals surface area contributed by atoms with Crippen molar-refractivity contribution in [1.82, 2.24) is 10.2 Å². The van der Waals surface area contributed by atoms with Gasteiger partial charge in [-0.2, -0.15) is 0 Å². The van der Waals surface area contributed by atoms with Crippen molar-refractivity contribution in [2.45, 2.75) is 18.9 Å². The van der Waals surface area contributed by atoms with Gasteiger partial charge in [-0.25, -0.2) is 0 Å². The Morgan fingerprint density at radius 3 is 2.70 bits per heavy atom. The van der Waals surface area contributed by atoms with E-state index in [1.807, 2.05) is 25.2 Å². The minimum Gasteiger partial charge on any atom is -0.491 e. The molecule has 2 rings (SSSR count). The molecule has 0 aromatic heterocycles. The van der Waals surface area contributed by atoms with E-state index in [0.717, 1.165) is 29.9 Å². The van der Waals surface area contributed by atoms with Gasteiger partial charge in [0.2, 0.25) is 0 Å². The number of benzene rings is 1. The van der Waals surface area contributed by atoms with Crippen LogP contribution < -0.4 is 10.1 Å². The minimum atomic E-state index is 0. The van der Waals surface area contributed by atoms with E-state index >= 15 is 0 Å². The molecule has 1 aliphatic rings. The maximum absolute atomic E-state index is 5.90. The van der Waals surface area contributed by atoms with Crippen LogP contribution in [-0.2, 0) is 0 Å². The van der Waals surface area contributed by atoms with Gasteiger partial charge in [0.25, 0.3) is 0 Å². The fraction of sp³-hybridized carbons (Fsp3) is 0.571. The lowest BCUT2D eigenvalue weighted by atomic mass is 10.1. The second-order valence-electron chi connectivity index (χ2n) is 4.83. The molecule has 0 spiro atoms. The summed E-state index contributed by atoms with van der Waals surface area (Å²) in [6.45, 7) is 3.99. The molecule has 1 aromatic carbocycles. The first-order valence-electron chi connectivity index (χ1n) is 6.66. The largest absolute Gasteiger partial charge is 0.491 e. The summed E-state index contributed by atoms with van der Waals surface area (Å²) in [6.07, 6.45) is 2.45. The van der Waals surface area contributed by atoms with Crippen LogP contribution in [0.4, 0.5) is 0 Å². The second kappa shape index (κ2) is 9.11. The van der Waals surface area contributed by atoms with Crippen LogP contribution >= 0.6 is 39.9 Å². The Balaban J connectivity index is 0.00000200. The van der Waals surface area contributed by atoms with Gasteiger partial charge in [0.05, 0.1) is 4.47 Å². The number of hydrogen-bond donors (Lipinski definition) is 1. The number of nitrogens with one attached hydrogen (secondary N) is 1. The van der Waals surface area contributed by atoms with Gasteiger partial charge in [-0.3, -0.25) is 4.90 Å². The first-order valence-corrected chi connectivity index (χ1v) is 7.83. The molecule has 3 nitrogen and oxygen atoms in total. The summed E-state index contributed by atoms with van der Waals surface area (Å²) in [5, 5.41) is 4.06. The highest BCUT2D eigenvalue weighted by Crippen LogP contribution is 2.27. The molecule has 1 heterocycles. The van der Waals surface area contributed by atoms with Crippen molar-refractivity contribution in [1.29, 1.82) is 0 Å². The zero-order chi connectivity index (χ0) is 13.7.